The monoisotopic (exact) mass is 230 g/mol. The molecule has 0 atom stereocenters. The molecule has 0 fully saturated rings. The standard InChI is InChI=1S/C9H18N4O3/c1-7(10-14)4-13(5-8(2)11-15)6-9(3)12-16/h14-16H,4-6H2,1-3H3/b10-7-,11-8-,12-9+. The summed E-state index contributed by atoms with van der Waals surface area (Å²) in [5.74, 6) is 0. The summed E-state index contributed by atoms with van der Waals surface area (Å²) in [6.07, 6.45) is 0. The molecule has 0 aliphatic carbocycles. The highest BCUT2D eigenvalue weighted by Crippen LogP contribution is 1.94. The predicted octanol–water partition coefficient (Wildman–Crippen LogP) is 0.839. The molecule has 0 spiro atoms. The van der Waals surface area contributed by atoms with Gasteiger partial charge in [-0.3, -0.25) is 4.90 Å². The van der Waals surface area contributed by atoms with Crippen molar-refractivity contribution in [3.8, 4) is 0 Å². The van der Waals surface area contributed by atoms with Crippen molar-refractivity contribution in [3.05, 3.63) is 0 Å². The zero-order valence-electron chi connectivity index (χ0n) is 9.75. The van der Waals surface area contributed by atoms with E-state index in [1.54, 1.807) is 20.8 Å². The Morgan fingerprint density at radius 2 is 1.00 bits per heavy atom. The van der Waals surface area contributed by atoms with E-state index in [0.717, 1.165) is 0 Å². The average Bonchev–Trinajstić information content (AvgIpc) is 2.28. The maximum Gasteiger partial charge on any atom is 0.0680 e. The fourth-order valence-electron chi connectivity index (χ4n) is 1.23. The van der Waals surface area contributed by atoms with E-state index in [4.69, 9.17) is 15.6 Å². The molecule has 0 aliphatic rings. The minimum atomic E-state index is 0.399. The van der Waals surface area contributed by atoms with E-state index < -0.39 is 0 Å². The largest absolute Gasteiger partial charge is 0.411 e. The van der Waals surface area contributed by atoms with Gasteiger partial charge in [0.15, 0.2) is 0 Å². The van der Waals surface area contributed by atoms with E-state index in [2.05, 4.69) is 15.5 Å². The molecular weight excluding hydrogens is 212 g/mol. The number of hydrogen-bond donors (Lipinski definition) is 3. The number of nitrogens with zero attached hydrogens (tertiary/aromatic N) is 4. The minimum Gasteiger partial charge on any atom is -0.411 e. The van der Waals surface area contributed by atoms with Crippen LogP contribution in [0, 0.1) is 0 Å². The summed E-state index contributed by atoms with van der Waals surface area (Å²) in [7, 11) is 0. The molecule has 0 saturated carbocycles. The van der Waals surface area contributed by atoms with Crippen LogP contribution in [0.15, 0.2) is 15.5 Å². The highest BCUT2D eigenvalue weighted by atomic mass is 16.4. The van der Waals surface area contributed by atoms with E-state index in [-0.39, 0.29) is 0 Å². The Labute approximate surface area is 94.3 Å². The molecule has 0 aliphatic heterocycles. The molecule has 0 bridgehead atoms. The predicted molar refractivity (Wildman–Crippen MR) is 61.1 cm³/mol. The fourth-order valence-corrected chi connectivity index (χ4v) is 1.23. The van der Waals surface area contributed by atoms with Crippen LogP contribution < -0.4 is 0 Å². The normalized spacial score (nSPS) is 14.6. The van der Waals surface area contributed by atoms with Crippen molar-refractivity contribution in [3.63, 3.8) is 0 Å². The third kappa shape index (κ3) is 5.97. The van der Waals surface area contributed by atoms with Crippen molar-refractivity contribution < 1.29 is 15.6 Å². The van der Waals surface area contributed by atoms with E-state index in [1.165, 1.54) is 0 Å². The summed E-state index contributed by atoms with van der Waals surface area (Å²) in [4.78, 5) is 1.82. The molecule has 0 heterocycles. The Hall–Kier alpha value is -1.63. The van der Waals surface area contributed by atoms with Crippen molar-refractivity contribution >= 4 is 17.1 Å². The molecule has 7 nitrogen and oxygen atoms in total. The topological polar surface area (TPSA) is 101 Å². The van der Waals surface area contributed by atoms with Gasteiger partial charge in [-0.25, -0.2) is 0 Å². The lowest BCUT2D eigenvalue weighted by Gasteiger charge is -2.20. The van der Waals surface area contributed by atoms with Crippen LogP contribution in [-0.2, 0) is 0 Å². The van der Waals surface area contributed by atoms with Gasteiger partial charge in [-0.05, 0) is 20.8 Å². The smallest absolute Gasteiger partial charge is 0.0680 e. The summed E-state index contributed by atoms with van der Waals surface area (Å²) < 4.78 is 0. The number of oxime groups is 3. The van der Waals surface area contributed by atoms with Crippen LogP contribution in [0.5, 0.6) is 0 Å². The minimum absolute atomic E-state index is 0.399. The molecular formula is C9H18N4O3. The van der Waals surface area contributed by atoms with Crippen LogP contribution >= 0.6 is 0 Å². The molecule has 3 N–H and O–H groups in total. The maximum absolute atomic E-state index is 8.57. The average molecular weight is 230 g/mol. The Balaban J connectivity index is 4.50. The Morgan fingerprint density at radius 3 is 1.19 bits per heavy atom. The first-order valence-corrected chi connectivity index (χ1v) is 4.78. The van der Waals surface area contributed by atoms with E-state index in [0.29, 0.717) is 36.8 Å². The summed E-state index contributed by atoms with van der Waals surface area (Å²) in [5, 5.41) is 34.9. The quantitative estimate of drug-likeness (QED) is 0.357. The Morgan fingerprint density at radius 1 is 0.750 bits per heavy atom. The van der Waals surface area contributed by atoms with E-state index in [9.17, 15) is 0 Å². The lowest BCUT2D eigenvalue weighted by molar-refractivity contribution is 0.300. The highest BCUT2D eigenvalue weighted by molar-refractivity contribution is 5.88. The van der Waals surface area contributed by atoms with Gasteiger partial charge in [-0.15, -0.1) is 0 Å². The molecule has 7 heteroatoms. The first-order chi connectivity index (χ1) is 7.53. The molecule has 0 aromatic rings. The summed E-state index contributed by atoms with van der Waals surface area (Å²) in [5.41, 5.74) is 1.57. The maximum atomic E-state index is 8.57. The van der Waals surface area contributed by atoms with Crippen LogP contribution in [0.2, 0.25) is 0 Å². The van der Waals surface area contributed by atoms with Crippen LogP contribution in [-0.4, -0.2) is 57.3 Å². The second-order valence-electron chi connectivity index (χ2n) is 3.65. The first kappa shape index (κ1) is 14.4. The van der Waals surface area contributed by atoms with Crippen LogP contribution in [0.3, 0.4) is 0 Å². The second-order valence-corrected chi connectivity index (χ2v) is 3.65. The Kier molecular flexibility index (Phi) is 6.86. The summed E-state index contributed by atoms with van der Waals surface area (Å²) >= 11 is 0. The van der Waals surface area contributed by atoms with Crippen molar-refractivity contribution in [2.75, 3.05) is 19.6 Å². The fraction of sp³-hybridized carbons (Fsp3) is 0.667. The molecule has 0 aromatic carbocycles. The molecule has 16 heavy (non-hydrogen) atoms. The van der Waals surface area contributed by atoms with Gasteiger partial charge >= 0.3 is 0 Å². The van der Waals surface area contributed by atoms with Crippen LogP contribution in [0.25, 0.3) is 0 Å². The van der Waals surface area contributed by atoms with Crippen LogP contribution in [0.4, 0.5) is 0 Å². The SMILES string of the molecule is C/C(CN(C/C(C)=N\O)C/C(C)=N/O)=N/O. The lowest BCUT2D eigenvalue weighted by atomic mass is 10.3. The van der Waals surface area contributed by atoms with Gasteiger partial charge < -0.3 is 15.6 Å². The van der Waals surface area contributed by atoms with Crippen molar-refractivity contribution in [2.24, 2.45) is 15.5 Å². The summed E-state index contributed by atoms with van der Waals surface area (Å²) in [6, 6.07) is 0. The van der Waals surface area contributed by atoms with Gasteiger partial charge in [0, 0.05) is 19.6 Å². The highest BCUT2D eigenvalue weighted by Gasteiger charge is 2.10. The van der Waals surface area contributed by atoms with E-state index >= 15 is 0 Å². The van der Waals surface area contributed by atoms with Crippen molar-refractivity contribution in [1.82, 2.24) is 4.90 Å². The number of rotatable bonds is 6. The third-order valence-corrected chi connectivity index (χ3v) is 1.87. The van der Waals surface area contributed by atoms with Crippen molar-refractivity contribution in [1.29, 1.82) is 0 Å². The Bertz CT molecular complexity index is 252. The zero-order chi connectivity index (χ0) is 12.6. The first-order valence-electron chi connectivity index (χ1n) is 4.78. The molecule has 0 aromatic heterocycles. The molecule has 0 radical (unpaired) electrons. The van der Waals surface area contributed by atoms with Gasteiger partial charge in [0.2, 0.25) is 0 Å². The molecule has 0 rings (SSSR count). The van der Waals surface area contributed by atoms with Gasteiger partial charge in [0.05, 0.1) is 17.1 Å². The van der Waals surface area contributed by atoms with Gasteiger partial charge in [0.1, 0.15) is 0 Å². The third-order valence-electron chi connectivity index (χ3n) is 1.87. The van der Waals surface area contributed by atoms with Gasteiger partial charge in [0.25, 0.3) is 0 Å². The second kappa shape index (κ2) is 7.63. The zero-order valence-corrected chi connectivity index (χ0v) is 9.75. The van der Waals surface area contributed by atoms with Crippen molar-refractivity contribution in [2.45, 2.75) is 20.8 Å². The number of hydrogen-bond acceptors (Lipinski definition) is 7. The van der Waals surface area contributed by atoms with Gasteiger partial charge in [-0.2, -0.15) is 0 Å². The lowest BCUT2D eigenvalue weighted by Crippen LogP contribution is -2.36. The molecule has 0 unspecified atom stereocenters. The molecule has 0 saturated heterocycles. The molecule has 92 valence electrons. The van der Waals surface area contributed by atoms with Gasteiger partial charge in [-0.1, -0.05) is 15.5 Å². The van der Waals surface area contributed by atoms with E-state index in [1.807, 2.05) is 4.90 Å². The summed E-state index contributed by atoms with van der Waals surface area (Å²) in [6.45, 7) is 6.21. The van der Waals surface area contributed by atoms with Crippen LogP contribution in [0.1, 0.15) is 20.8 Å². The molecule has 0 amide bonds.